The minimum Gasteiger partial charge on any atom is -0.459 e. The van der Waals surface area contributed by atoms with Gasteiger partial charge in [-0.3, -0.25) is 33.6 Å². The molecule has 0 unspecified atom stereocenters. The number of rotatable bonds is 44. The number of carbonyl (C=O) groups is 8. The van der Waals surface area contributed by atoms with Gasteiger partial charge in [0.05, 0.1) is 128 Å². The quantitative estimate of drug-likeness (QED) is 0.00892. The molecule has 11 N–H and O–H groups in total. The molecular weight excluding hydrogens is 1680 g/mol. The van der Waals surface area contributed by atoms with Crippen molar-refractivity contribution in [1.29, 1.82) is 0 Å². The third-order valence-corrected chi connectivity index (χ3v) is 24.3. The topological polar surface area (TPSA) is 506 Å². The normalized spacial score (nSPS) is 25.4. The first kappa shape index (κ1) is 104. The number of fused-ring (bicyclic) bond motifs is 5. The first-order chi connectivity index (χ1) is 62.7. The number of hydrogen-bond acceptors (Lipinski definition) is 32. The number of allylic oxidation sites excluding steroid dienone is 6. The van der Waals surface area contributed by atoms with Gasteiger partial charge in [-0.2, -0.15) is 10.1 Å². The minimum absolute atomic E-state index is 0.0182. The zero-order valence-corrected chi connectivity index (χ0v) is 77.0. The minimum atomic E-state index is -2.50. The number of nitrogens with zero attached hydrogens (tertiary/aromatic N) is 9. The second-order valence-electron chi connectivity index (χ2n) is 34.1. The van der Waals surface area contributed by atoms with Gasteiger partial charge in [0, 0.05) is 122 Å². The lowest BCUT2D eigenvalue weighted by Crippen LogP contribution is -2.61. The van der Waals surface area contributed by atoms with Gasteiger partial charge in [-0.25, -0.2) is 24.1 Å². The summed E-state index contributed by atoms with van der Waals surface area (Å²) in [5.41, 5.74) is 24.2. The number of hydrogen-bond donors (Lipinski definition) is 8. The number of benzene rings is 1. The molecule has 1 aliphatic carbocycles. The number of ketones is 3. The summed E-state index contributed by atoms with van der Waals surface area (Å²) in [4.78, 5) is 124. The number of Topliss-reactive ketones (excluding diaryl/α,β-unsaturated/α-hetero) is 3. The third-order valence-electron chi connectivity index (χ3n) is 24.3. The summed E-state index contributed by atoms with van der Waals surface area (Å²) in [6.07, 6.45) is 16.7. The summed E-state index contributed by atoms with van der Waals surface area (Å²) in [5.74, 6) is -8.59. The van der Waals surface area contributed by atoms with E-state index in [1.807, 2.05) is 62.6 Å². The Morgan fingerprint density at radius 2 is 1.35 bits per heavy atom. The summed E-state index contributed by atoms with van der Waals surface area (Å²) < 4.78 is 78.1. The molecule has 15 atom stereocenters. The van der Waals surface area contributed by atoms with Crippen LogP contribution in [-0.2, 0) is 108 Å². The van der Waals surface area contributed by atoms with Crippen molar-refractivity contribution in [2.45, 2.75) is 231 Å². The number of anilines is 2. The van der Waals surface area contributed by atoms with Gasteiger partial charge in [-0.05, 0) is 145 Å². The van der Waals surface area contributed by atoms with Gasteiger partial charge in [0.25, 0.3) is 17.7 Å². The summed E-state index contributed by atoms with van der Waals surface area (Å²) in [5, 5.41) is 46.8. The Kier molecular flexibility index (Phi) is 43.9. The largest absolute Gasteiger partial charge is 0.459 e. The number of ether oxygens (including phenoxy) is 12. The van der Waals surface area contributed by atoms with E-state index in [0.717, 1.165) is 28.9 Å². The maximum absolute atomic E-state index is 14.8. The van der Waals surface area contributed by atoms with Crippen molar-refractivity contribution in [3.05, 3.63) is 84.0 Å². The van der Waals surface area contributed by atoms with E-state index >= 15 is 0 Å². The van der Waals surface area contributed by atoms with Gasteiger partial charge in [0.2, 0.25) is 23.5 Å². The van der Waals surface area contributed by atoms with Crippen LogP contribution in [0.25, 0.3) is 33.4 Å². The maximum Gasteiger partial charge on any atom is 0.329 e. The molecule has 38 nitrogen and oxygen atoms in total. The van der Waals surface area contributed by atoms with E-state index in [4.69, 9.17) is 83.6 Å². The molecule has 4 aliphatic rings. The fourth-order valence-electron chi connectivity index (χ4n) is 16.7. The monoisotopic (exact) mass is 1820 g/mol. The van der Waals surface area contributed by atoms with Crippen LogP contribution in [0.15, 0.2) is 82.7 Å². The Hall–Kier alpha value is -9.26. The molecule has 4 amide bonds. The molecule has 130 heavy (non-hydrogen) atoms. The highest BCUT2D eigenvalue weighted by Gasteiger charge is 2.53. The average Bonchev–Trinajstić information content (AvgIpc) is 0.944. The van der Waals surface area contributed by atoms with Gasteiger partial charge in [0.15, 0.2) is 17.0 Å². The first-order valence-electron chi connectivity index (χ1n) is 45.8. The molecule has 2 bridgehead atoms. The highest BCUT2D eigenvalue weighted by molar-refractivity contribution is 6.39. The summed E-state index contributed by atoms with van der Waals surface area (Å²) in [7, 11) is 4.55. The molecular formula is C92H139N15O23. The van der Waals surface area contributed by atoms with Crippen molar-refractivity contribution in [3.63, 3.8) is 0 Å². The van der Waals surface area contributed by atoms with E-state index in [1.54, 1.807) is 63.4 Å². The molecule has 4 aromatic heterocycles. The third kappa shape index (κ3) is 32.3. The second-order valence-corrected chi connectivity index (χ2v) is 34.1. The number of aromatic nitrogens is 8. The van der Waals surface area contributed by atoms with Gasteiger partial charge in [-0.15, -0.1) is 5.10 Å². The number of unbranched alkanes of at least 4 members (excludes halogenated alkanes) is 1. The van der Waals surface area contributed by atoms with E-state index < -0.39 is 83.8 Å². The van der Waals surface area contributed by atoms with Crippen molar-refractivity contribution in [3.8, 4) is 11.3 Å². The fourth-order valence-corrected chi connectivity index (χ4v) is 16.7. The Morgan fingerprint density at radius 3 is 2.02 bits per heavy atom. The van der Waals surface area contributed by atoms with Gasteiger partial charge < -0.3 is 110 Å². The zero-order chi connectivity index (χ0) is 93.5. The van der Waals surface area contributed by atoms with Crippen LogP contribution in [-0.4, -0.2) is 296 Å². The Balaban J connectivity index is 0.593. The van der Waals surface area contributed by atoms with E-state index in [2.05, 4.69) is 41.2 Å². The van der Waals surface area contributed by atoms with Crippen molar-refractivity contribution < 1.29 is 110 Å². The van der Waals surface area contributed by atoms with Crippen LogP contribution >= 0.6 is 0 Å². The predicted molar refractivity (Wildman–Crippen MR) is 480 cm³/mol. The van der Waals surface area contributed by atoms with Crippen LogP contribution in [0.3, 0.4) is 0 Å². The molecule has 9 rings (SSSR count). The Labute approximate surface area is 760 Å². The molecule has 2 saturated heterocycles. The number of oxazole rings is 1. The molecule has 3 aliphatic heterocycles. The molecule has 0 spiro atoms. The number of cyclic esters (lactones) is 1. The highest BCUT2D eigenvalue weighted by Crippen LogP contribution is 2.40. The van der Waals surface area contributed by atoms with E-state index in [1.165, 1.54) is 13.4 Å². The number of amides is 4. The Bertz CT molecular complexity index is 4530. The number of aliphatic hydroxyl groups excluding tert-OH is 1. The van der Waals surface area contributed by atoms with Crippen molar-refractivity contribution in [2.24, 2.45) is 35.3 Å². The molecule has 3 fully saturated rings. The average molecular weight is 1820 g/mol. The van der Waals surface area contributed by atoms with E-state index in [9.17, 15) is 48.6 Å². The SMILES string of the molecule is CO[C@H]1C[C@@H]2CC[C@@H](C)[C@@](O)(O2)C(=O)C(=O)N2CCCC[C@H]2C(=O)O[C@H]([C@H](N)C[C@@H]2CC[C@H](n3cc(CCCC(=O)NCCOCCOCCOCCC(=O)NCCOCCOCCOCCOCCC(=O)NCCCCn4nc(-c5ccc6oc(N)nc6c5)c5c(N)ncnc54)nn3)[C@H](OC)C2)CC(=O)[C@H](C)/C=C(\C)[C@@H](O)[C@@H](OC)C(=O)[C@H](C)C[C@H](C)/C=C/C=CC=C1C. The van der Waals surface area contributed by atoms with Crippen LogP contribution in [0.1, 0.15) is 169 Å². The number of aryl methyl sites for hydroxylation is 2. The number of esters is 1. The molecule has 720 valence electrons. The van der Waals surface area contributed by atoms with Crippen molar-refractivity contribution >= 4 is 80.9 Å². The van der Waals surface area contributed by atoms with Crippen LogP contribution in [0, 0.1) is 29.6 Å². The summed E-state index contributed by atoms with van der Waals surface area (Å²) >= 11 is 0. The van der Waals surface area contributed by atoms with Gasteiger partial charge in [0.1, 0.15) is 53.5 Å². The summed E-state index contributed by atoms with van der Waals surface area (Å²) in [6, 6.07) is 3.19. The van der Waals surface area contributed by atoms with E-state index in [0.29, 0.717) is 221 Å². The fraction of sp³-hybridized carbons (Fsp3) is 0.674. The number of carbonyl (C=O) groups excluding carboxylic acids is 8. The lowest BCUT2D eigenvalue weighted by molar-refractivity contribution is -0.265. The molecule has 5 aromatic rings. The molecule has 1 saturated carbocycles. The lowest BCUT2D eigenvalue weighted by Gasteiger charge is -2.42. The number of nitrogens with one attached hydrogen (secondary N) is 3. The number of piperidine rings is 1. The molecule has 1 aromatic carbocycles. The standard InChI is InChI=1S/C92H139N15O23/c1-59-18-11-10-12-19-60(2)75(118-7)55-68-26-23-64(6)92(117,130-68)86(114)89(115)105-34-15-13-21-72(105)90(116)128-76(56-73(108)61(3)51-63(5)84(113)85(120-9)83(112)62(4)50-59)69(93)52-65-24-27-71(77(53-65)119-8)107-57-67(102-104-107)20-17-22-78(109)97-32-38-123-42-46-125-44-40-122-37-30-80(111)98-33-39-124-43-47-127-49-48-126-45-41-121-36-29-79(110)96-31-14-16-35-106-88-81(87(94)99-58-100-88)82(103-106)66-25-28-74-70(54-66)101-91(95)129-74/h10-12,18-19,25,28,51,54,57-59,61-62,64-65,68-69,71-72,75-77,84-85,113,117H,13-17,20-24,26-27,29-50,52-53,55-56,93H2,1-9H3,(H2,95,101)(H,96,110)(H,97,109)(H,98,111)(H2,94,99,100)/b12-10?,18-11+,60-19?,63-51+/t59-,61-,62-,64-,65+,68+,69-,71+,72+,75+,76+,77-,84-,85+,92-/m1/s1. The number of aliphatic hydroxyl groups is 2. The van der Waals surface area contributed by atoms with Gasteiger partial charge in [-0.1, -0.05) is 69.4 Å². The van der Waals surface area contributed by atoms with Crippen molar-refractivity contribution in [1.82, 2.24) is 60.6 Å². The van der Waals surface area contributed by atoms with Gasteiger partial charge >= 0.3 is 5.97 Å². The number of nitrogens with two attached hydrogens (primary N) is 3. The van der Waals surface area contributed by atoms with Crippen LogP contribution in [0.2, 0.25) is 0 Å². The van der Waals surface area contributed by atoms with Crippen LogP contribution in [0.4, 0.5) is 11.8 Å². The highest BCUT2D eigenvalue weighted by atomic mass is 16.6. The maximum atomic E-state index is 14.8. The van der Waals surface area contributed by atoms with Crippen molar-refractivity contribution in [2.75, 3.05) is 151 Å². The second kappa shape index (κ2) is 54.7. The summed E-state index contributed by atoms with van der Waals surface area (Å²) in [6.45, 7) is 16.9. The smallest absolute Gasteiger partial charge is 0.329 e. The first-order valence-corrected chi connectivity index (χ1v) is 45.8. The molecule has 38 heteroatoms. The lowest BCUT2D eigenvalue weighted by atomic mass is 9.79. The Morgan fingerprint density at radius 1 is 0.700 bits per heavy atom. The van der Waals surface area contributed by atoms with Crippen LogP contribution in [0.5, 0.6) is 0 Å². The number of nitrogen functional groups attached to an aromatic ring is 2. The number of methoxy groups -OCH3 is 3. The zero-order valence-electron chi connectivity index (χ0n) is 77.0. The van der Waals surface area contributed by atoms with E-state index in [-0.39, 0.29) is 118 Å². The molecule has 7 heterocycles. The molecule has 0 radical (unpaired) electrons. The van der Waals surface area contributed by atoms with Crippen LogP contribution < -0.4 is 33.2 Å². The predicted octanol–water partition coefficient (Wildman–Crippen LogP) is 6.50.